The Morgan fingerprint density at radius 1 is 0.941 bits per heavy atom. The minimum Gasteiger partial charge on any atom is -0.399 e. The first-order valence-corrected chi connectivity index (χ1v) is 10.9. The molecule has 0 amide bonds. The Labute approximate surface area is 195 Å². The molecule has 2 heterocycles. The second kappa shape index (κ2) is 8.96. The van der Waals surface area contributed by atoms with E-state index in [4.69, 9.17) is 10.5 Å². The van der Waals surface area contributed by atoms with E-state index < -0.39 is 17.9 Å². The van der Waals surface area contributed by atoms with Gasteiger partial charge in [-0.15, -0.1) is 0 Å². The molecule has 34 heavy (non-hydrogen) atoms. The number of nitrogens with zero attached hydrogens (tertiary/aromatic N) is 3. The van der Waals surface area contributed by atoms with Crippen molar-refractivity contribution in [3.63, 3.8) is 0 Å². The predicted octanol–water partition coefficient (Wildman–Crippen LogP) is 5.63. The molecule has 174 valence electrons. The highest BCUT2D eigenvalue weighted by molar-refractivity contribution is 5.66. The molecular weight excluding hydrogens is 441 g/mol. The number of aromatic nitrogens is 2. The lowest BCUT2D eigenvalue weighted by atomic mass is 10.0. The Bertz CT molecular complexity index is 1280. The minimum absolute atomic E-state index is 0.00840. The summed E-state index contributed by atoms with van der Waals surface area (Å²) in [5.41, 5.74) is 9.82. The van der Waals surface area contributed by atoms with Crippen LogP contribution in [0.4, 0.5) is 18.9 Å². The summed E-state index contributed by atoms with van der Waals surface area (Å²) in [7, 11) is 0. The van der Waals surface area contributed by atoms with Gasteiger partial charge in [-0.2, -0.15) is 5.10 Å². The number of hydrogen-bond acceptors (Lipinski definition) is 4. The molecule has 0 bridgehead atoms. The molecule has 1 aromatic heterocycles. The molecule has 0 saturated carbocycles. The summed E-state index contributed by atoms with van der Waals surface area (Å²) in [6, 6.07) is 16.9. The Hall–Kier alpha value is -3.62. The summed E-state index contributed by atoms with van der Waals surface area (Å²) >= 11 is 0. The van der Waals surface area contributed by atoms with Crippen LogP contribution in [-0.4, -0.2) is 27.8 Å². The summed E-state index contributed by atoms with van der Waals surface area (Å²) < 4.78 is 48.9. The van der Waals surface area contributed by atoms with Crippen molar-refractivity contribution >= 4 is 5.69 Å². The number of rotatable bonds is 5. The van der Waals surface area contributed by atoms with Crippen molar-refractivity contribution in [2.24, 2.45) is 0 Å². The molecule has 1 aliphatic rings. The molecule has 4 aromatic rings. The molecule has 5 rings (SSSR count). The van der Waals surface area contributed by atoms with Crippen LogP contribution in [0.2, 0.25) is 0 Å². The highest BCUT2D eigenvalue weighted by atomic mass is 19.1. The molecule has 0 radical (unpaired) electrons. The normalized spacial score (nSPS) is 17.2. The van der Waals surface area contributed by atoms with Crippen molar-refractivity contribution in [2.75, 3.05) is 18.9 Å². The molecule has 2 atom stereocenters. The van der Waals surface area contributed by atoms with E-state index in [1.54, 1.807) is 18.3 Å². The fraction of sp³-hybridized carbons (Fsp3) is 0.192. The van der Waals surface area contributed by atoms with E-state index in [1.807, 2.05) is 24.3 Å². The highest BCUT2D eigenvalue weighted by Crippen LogP contribution is 2.39. The van der Waals surface area contributed by atoms with E-state index in [1.165, 1.54) is 28.9 Å². The van der Waals surface area contributed by atoms with Crippen LogP contribution in [0.5, 0.6) is 0 Å². The van der Waals surface area contributed by atoms with Gasteiger partial charge in [-0.25, -0.2) is 17.9 Å². The first-order chi connectivity index (χ1) is 16.4. The van der Waals surface area contributed by atoms with Crippen molar-refractivity contribution in [1.82, 2.24) is 14.7 Å². The van der Waals surface area contributed by atoms with Gasteiger partial charge in [-0.3, -0.25) is 4.90 Å². The SMILES string of the molecule is CC(c1ccc(N)cc1)N1CCOC1c1nn(-c2cc(F)cc(F)c2)cc1-c1ccc(F)cc1. The second-order valence-corrected chi connectivity index (χ2v) is 8.31. The zero-order valence-electron chi connectivity index (χ0n) is 18.5. The maximum atomic E-state index is 13.9. The molecule has 1 fully saturated rings. The third-order valence-corrected chi connectivity index (χ3v) is 6.09. The van der Waals surface area contributed by atoms with Gasteiger partial charge in [-0.1, -0.05) is 24.3 Å². The van der Waals surface area contributed by atoms with Crippen molar-refractivity contribution in [2.45, 2.75) is 19.2 Å². The van der Waals surface area contributed by atoms with Crippen LogP contribution in [0.25, 0.3) is 16.8 Å². The quantitative estimate of drug-likeness (QED) is 0.389. The number of benzene rings is 3. The summed E-state index contributed by atoms with van der Waals surface area (Å²) in [4.78, 5) is 2.16. The summed E-state index contributed by atoms with van der Waals surface area (Å²) in [6.07, 6.45) is 1.18. The Morgan fingerprint density at radius 2 is 1.62 bits per heavy atom. The van der Waals surface area contributed by atoms with Crippen molar-refractivity contribution in [3.05, 3.63) is 102 Å². The van der Waals surface area contributed by atoms with E-state index in [2.05, 4.69) is 16.9 Å². The molecule has 2 unspecified atom stereocenters. The zero-order chi connectivity index (χ0) is 23.8. The van der Waals surface area contributed by atoms with Crippen LogP contribution in [0.3, 0.4) is 0 Å². The lowest BCUT2D eigenvalue weighted by Crippen LogP contribution is -2.28. The largest absolute Gasteiger partial charge is 0.399 e. The Kier molecular flexibility index (Phi) is 5.85. The van der Waals surface area contributed by atoms with E-state index in [9.17, 15) is 13.2 Å². The van der Waals surface area contributed by atoms with Crippen LogP contribution in [-0.2, 0) is 4.74 Å². The number of ether oxygens (including phenoxy) is 1. The van der Waals surface area contributed by atoms with Gasteiger partial charge >= 0.3 is 0 Å². The van der Waals surface area contributed by atoms with E-state index >= 15 is 0 Å². The van der Waals surface area contributed by atoms with Crippen molar-refractivity contribution in [1.29, 1.82) is 0 Å². The molecule has 2 N–H and O–H groups in total. The number of halogens is 3. The fourth-order valence-electron chi connectivity index (χ4n) is 4.31. The molecule has 1 saturated heterocycles. The minimum atomic E-state index is -0.703. The van der Waals surface area contributed by atoms with Gasteiger partial charge in [0, 0.05) is 36.1 Å². The average molecular weight is 464 g/mol. The summed E-state index contributed by atoms with van der Waals surface area (Å²) in [5, 5.41) is 4.69. The third-order valence-electron chi connectivity index (χ3n) is 6.09. The lowest BCUT2D eigenvalue weighted by Gasteiger charge is -2.29. The van der Waals surface area contributed by atoms with Crippen LogP contribution < -0.4 is 5.73 Å². The fourth-order valence-corrected chi connectivity index (χ4v) is 4.31. The smallest absolute Gasteiger partial charge is 0.156 e. The van der Waals surface area contributed by atoms with Crippen LogP contribution in [0.1, 0.15) is 30.5 Å². The predicted molar refractivity (Wildman–Crippen MR) is 124 cm³/mol. The first kappa shape index (κ1) is 22.2. The highest BCUT2D eigenvalue weighted by Gasteiger charge is 2.35. The van der Waals surface area contributed by atoms with Crippen molar-refractivity contribution in [3.8, 4) is 16.8 Å². The molecular formula is C26H23F3N4O. The number of nitrogens with two attached hydrogens (primary N) is 1. The van der Waals surface area contributed by atoms with Crippen LogP contribution in [0, 0.1) is 17.5 Å². The molecule has 0 aliphatic carbocycles. The standard InChI is InChI=1S/C26H23F3N4O/c1-16(17-4-8-22(30)9-5-17)32-10-11-34-26(32)25-24(18-2-6-19(27)7-3-18)15-33(31-25)23-13-20(28)12-21(29)14-23/h2-9,12-16,26H,10-11,30H2,1H3. The van der Waals surface area contributed by atoms with E-state index in [-0.39, 0.29) is 17.5 Å². The van der Waals surface area contributed by atoms with Gasteiger partial charge in [0.05, 0.1) is 12.3 Å². The first-order valence-electron chi connectivity index (χ1n) is 10.9. The van der Waals surface area contributed by atoms with Gasteiger partial charge in [0.1, 0.15) is 23.1 Å². The molecule has 3 aromatic carbocycles. The number of anilines is 1. The van der Waals surface area contributed by atoms with Gasteiger partial charge in [-0.05, 0) is 54.4 Å². The number of hydrogen-bond donors (Lipinski definition) is 1. The van der Waals surface area contributed by atoms with Gasteiger partial charge in [0.2, 0.25) is 0 Å². The molecule has 1 aliphatic heterocycles. The topological polar surface area (TPSA) is 56.3 Å². The third kappa shape index (κ3) is 4.30. The molecule has 8 heteroatoms. The average Bonchev–Trinajstić information content (AvgIpc) is 3.46. The Morgan fingerprint density at radius 3 is 2.29 bits per heavy atom. The van der Waals surface area contributed by atoms with Gasteiger partial charge in [0.25, 0.3) is 0 Å². The maximum Gasteiger partial charge on any atom is 0.156 e. The Balaban J connectivity index is 1.59. The summed E-state index contributed by atoms with van der Waals surface area (Å²) in [5.74, 6) is -1.77. The lowest BCUT2D eigenvalue weighted by molar-refractivity contribution is 0.0108. The van der Waals surface area contributed by atoms with Gasteiger partial charge < -0.3 is 10.5 Å². The van der Waals surface area contributed by atoms with Crippen LogP contribution in [0.15, 0.2) is 72.9 Å². The maximum absolute atomic E-state index is 13.9. The van der Waals surface area contributed by atoms with Crippen molar-refractivity contribution < 1.29 is 17.9 Å². The second-order valence-electron chi connectivity index (χ2n) is 8.31. The number of nitrogen functional groups attached to an aromatic ring is 1. The van der Waals surface area contributed by atoms with E-state index in [0.717, 1.165) is 17.2 Å². The van der Waals surface area contributed by atoms with Crippen LogP contribution >= 0.6 is 0 Å². The molecule has 0 spiro atoms. The van der Waals surface area contributed by atoms with Gasteiger partial charge in [0.15, 0.2) is 6.23 Å². The monoisotopic (exact) mass is 464 g/mol. The summed E-state index contributed by atoms with van der Waals surface area (Å²) in [6.45, 7) is 3.23. The van der Waals surface area contributed by atoms with E-state index in [0.29, 0.717) is 30.1 Å². The zero-order valence-corrected chi connectivity index (χ0v) is 18.5. The molecule has 5 nitrogen and oxygen atoms in total.